The van der Waals surface area contributed by atoms with Gasteiger partial charge in [-0.15, -0.1) is 0 Å². The van der Waals surface area contributed by atoms with Crippen molar-refractivity contribution in [2.24, 2.45) is 0 Å². The molecule has 5 heteroatoms. The Bertz CT molecular complexity index is 1010. The molecule has 0 spiro atoms. The van der Waals surface area contributed by atoms with Gasteiger partial charge in [0.05, 0.1) is 12.5 Å². The molecule has 1 fully saturated rings. The van der Waals surface area contributed by atoms with Crippen molar-refractivity contribution < 1.29 is 9.59 Å². The Hall–Kier alpha value is -3.60. The second-order valence-electron chi connectivity index (χ2n) is 8.15. The summed E-state index contributed by atoms with van der Waals surface area (Å²) in [7, 11) is 0. The minimum Gasteiger partial charge on any atom is -0.372 e. The van der Waals surface area contributed by atoms with Crippen LogP contribution in [0, 0.1) is 0 Å². The summed E-state index contributed by atoms with van der Waals surface area (Å²) in [4.78, 5) is 27.9. The summed E-state index contributed by atoms with van der Waals surface area (Å²) in [5, 5.41) is 5.99. The quantitative estimate of drug-likeness (QED) is 0.546. The van der Waals surface area contributed by atoms with Crippen LogP contribution in [0.4, 0.5) is 11.4 Å². The average molecular weight is 428 g/mol. The van der Waals surface area contributed by atoms with E-state index in [0.29, 0.717) is 5.56 Å². The molecular weight excluding hydrogens is 398 g/mol. The highest BCUT2D eigenvalue weighted by atomic mass is 16.2. The molecule has 0 saturated carbocycles. The van der Waals surface area contributed by atoms with Crippen LogP contribution in [0.1, 0.15) is 47.6 Å². The average Bonchev–Trinajstić information content (AvgIpc) is 2.85. The standard InChI is InChI=1S/C27H29N3O2/c31-26(28-23-14-16-24(17-15-23)30-18-8-3-9-19-30)20-25(21-10-4-1-5-11-21)29-27(32)22-12-6-2-7-13-22/h1-2,4-7,10-17,25H,3,8-9,18-20H2,(H,28,31)(H,29,32). The summed E-state index contributed by atoms with van der Waals surface area (Å²) in [5.74, 6) is -0.337. The van der Waals surface area contributed by atoms with Gasteiger partial charge in [-0.3, -0.25) is 9.59 Å². The van der Waals surface area contributed by atoms with Crippen LogP contribution in [-0.2, 0) is 4.79 Å². The zero-order chi connectivity index (χ0) is 22.2. The van der Waals surface area contributed by atoms with Crippen molar-refractivity contribution in [3.63, 3.8) is 0 Å². The number of hydrogen-bond acceptors (Lipinski definition) is 3. The van der Waals surface area contributed by atoms with E-state index < -0.39 is 6.04 Å². The topological polar surface area (TPSA) is 61.4 Å². The van der Waals surface area contributed by atoms with E-state index in [-0.39, 0.29) is 18.2 Å². The van der Waals surface area contributed by atoms with Crippen LogP contribution < -0.4 is 15.5 Å². The number of amides is 2. The summed E-state index contributed by atoms with van der Waals surface area (Å²) in [6, 6.07) is 26.2. The smallest absolute Gasteiger partial charge is 0.251 e. The number of benzene rings is 3. The van der Waals surface area contributed by atoms with Gasteiger partial charge in [0, 0.05) is 30.0 Å². The first kappa shape index (κ1) is 21.6. The summed E-state index contributed by atoms with van der Waals surface area (Å²) >= 11 is 0. The Balaban J connectivity index is 1.41. The van der Waals surface area contributed by atoms with Gasteiger partial charge in [0.2, 0.25) is 5.91 Å². The van der Waals surface area contributed by atoms with Gasteiger partial charge in [0.25, 0.3) is 5.91 Å². The molecule has 5 nitrogen and oxygen atoms in total. The second kappa shape index (κ2) is 10.6. The number of anilines is 2. The normalized spacial score (nSPS) is 14.4. The van der Waals surface area contributed by atoms with Crippen LogP contribution >= 0.6 is 0 Å². The van der Waals surface area contributed by atoms with Crippen molar-refractivity contribution in [3.8, 4) is 0 Å². The van der Waals surface area contributed by atoms with E-state index in [0.717, 1.165) is 24.3 Å². The number of carbonyl (C=O) groups is 2. The van der Waals surface area contributed by atoms with Crippen LogP contribution in [0.2, 0.25) is 0 Å². The van der Waals surface area contributed by atoms with Crippen LogP contribution in [0.25, 0.3) is 0 Å². The van der Waals surface area contributed by atoms with E-state index in [2.05, 4.69) is 27.7 Å². The zero-order valence-electron chi connectivity index (χ0n) is 18.2. The Kier molecular flexibility index (Phi) is 7.18. The lowest BCUT2D eigenvalue weighted by Crippen LogP contribution is -2.31. The number of nitrogens with one attached hydrogen (secondary N) is 2. The summed E-state index contributed by atoms with van der Waals surface area (Å²) in [5.41, 5.74) is 3.42. The van der Waals surface area contributed by atoms with Crippen molar-refractivity contribution in [2.75, 3.05) is 23.3 Å². The second-order valence-corrected chi connectivity index (χ2v) is 8.15. The van der Waals surface area contributed by atoms with Gasteiger partial charge in [0.1, 0.15) is 0 Å². The maximum Gasteiger partial charge on any atom is 0.251 e. The molecule has 1 heterocycles. The molecule has 3 aromatic rings. The highest BCUT2D eigenvalue weighted by molar-refractivity contribution is 5.96. The van der Waals surface area contributed by atoms with Crippen LogP contribution in [-0.4, -0.2) is 24.9 Å². The first-order valence-corrected chi connectivity index (χ1v) is 11.2. The molecule has 0 aromatic heterocycles. The van der Waals surface area contributed by atoms with Gasteiger partial charge in [0.15, 0.2) is 0 Å². The number of nitrogens with zero attached hydrogens (tertiary/aromatic N) is 1. The molecule has 1 saturated heterocycles. The third-order valence-corrected chi connectivity index (χ3v) is 5.81. The molecule has 164 valence electrons. The maximum atomic E-state index is 12.8. The van der Waals surface area contributed by atoms with Crippen LogP contribution in [0.3, 0.4) is 0 Å². The first-order chi connectivity index (χ1) is 15.7. The fourth-order valence-corrected chi connectivity index (χ4v) is 4.07. The zero-order valence-corrected chi connectivity index (χ0v) is 18.2. The van der Waals surface area contributed by atoms with Crippen molar-refractivity contribution in [3.05, 3.63) is 96.1 Å². The molecule has 1 unspecified atom stereocenters. The lowest BCUT2D eigenvalue weighted by atomic mass is 10.0. The van der Waals surface area contributed by atoms with E-state index in [1.54, 1.807) is 12.1 Å². The van der Waals surface area contributed by atoms with E-state index in [4.69, 9.17) is 0 Å². The Morgan fingerprint density at radius 3 is 2.06 bits per heavy atom. The molecule has 1 atom stereocenters. The molecule has 0 aliphatic carbocycles. The van der Waals surface area contributed by atoms with Crippen molar-refractivity contribution >= 4 is 23.2 Å². The third kappa shape index (κ3) is 5.76. The van der Waals surface area contributed by atoms with Gasteiger partial charge < -0.3 is 15.5 Å². The molecule has 2 N–H and O–H groups in total. The van der Waals surface area contributed by atoms with Crippen LogP contribution in [0.5, 0.6) is 0 Å². The fourth-order valence-electron chi connectivity index (χ4n) is 4.07. The Morgan fingerprint density at radius 2 is 1.41 bits per heavy atom. The summed E-state index contributed by atoms with van der Waals surface area (Å²) in [6.07, 6.45) is 3.91. The fraction of sp³-hybridized carbons (Fsp3) is 0.259. The van der Waals surface area contributed by atoms with Gasteiger partial charge in [-0.2, -0.15) is 0 Å². The van der Waals surface area contributed by atoms with Gasteiger partial charge >= 0.3 is 0 Å². The lowest BCUT2D eigenvalue weighted by Gasteiger charge is -2.28. The molecule has 0 radical (unpaired) electrons. The molecule has 1 aliphatic rings. The highest BCUT2D eigenvalue weighted by Crippen LogP contribution is 2.23. The van der Waals surface area contributed by atoms with Gasteiger partial charge in [-0.05, 0) is 61.2 Å². The predicted molar refractivity (Wildman–Crippen MR) is 129 cm³/mol. The molecule has 2 amide bonds. The van der Waals surface area contributed by atoms with Crippen molar-refractivity contribution in [1.29, 1.82) is 0 Å². The number of piperidine rings is 1. The third-order valence-electron chi connectivity index (χ3n) is 5.81. The molecule has 32 heavy (non-hydrogen) atoms. The predicted octanol–water partition coefficient (Wildman–Crippen LogP) is 5.18. The molecule has 0 bridgehead atoms. The monoisotopic (exact) mass is 427 g/mol. The van der Waals surface area contributed by atoms with E-state index >= 15 is 0 Å². The van der Waals surface area contributed by atoms with Gasteiger partial charge in [-0.25, -0.2) is 0 Å². The van der Waals surface area contributed by atoms with E-state index in [1.807, 2.05) is 60.7 Å². The molecule has 3 aromatic carbocycles. The van der Waals surface area contributed by atoms with Gasteiger partial charge in [-0.1, -0.05) is 48.5 Å². The highest BCUT2D eigenvalue weighted by Gasteiger charge is 2.19. The number of rotatable bonds is 7. The summed E-state index contributed by atoms with van der Waals surface area (Å²) in [6.45, 7) is 2.18. The van der Waals surface area contributed by atoms with Crippen molar-refractivity contribution in [2.45, 2.75) is 31.7 Å². The van der Waals surface area contributed by atoms with E-state index in [9.17, 15) is 9.59 Å². The number of carbonyl (C=O) groups excluding carboxylic acids is 2. The lowest BCUT2D eigenvalue weighted by molar-refractivity contribution is -0.116. The SMILES string of the molecule is O=C(CC(NC(=O)c1ccccc1)c1ccccc1)Nc1ccc(N2CCCCC2)cc1. The van der Waals surface area contributed by atoms with E-state index in [1.165, 1.54) is 24.9 Å². The molecular formula is C27H29N3O2. The number of hydrogen-bond donors (Lipinski definition) is 2. The Morgan fingerprint density at radius 1 is 0.781 bits per heavy atom. The minimum atomic E-state index is -0.420. The molecule has 1 aliphatic heterocycles. The summed E-state index contributed by atoms with van der Waals surface area (Å²) < 4.78 is 0. The van der Waals surface area contributed by atoms with Crippen LogP contribution in [0.15, 0.2) is 84.9 Å². The minimum absolute atomic E-state index is 0.141. The largest absolute Gasteiger partial charge is 0.372 e. The maximum absolute atomic E-state index is 12.8. The Labute approximate surface area is 189 Å². The van der Waals surface area contributed by atoms with Crippen molar-refractivity contribution in [1.82, 2.24) is 5.32 Å². The first-order valence-electron chi connectivity index (χ1n) is 11.2. The molecule has 4 rings (SSSR count).